The van der Waals surface area contributed by atoms with Gasteiger partial charge < -0.3 is 9.84 Å². The Labute approximate surface area is 75.9 Å². The molecule has 1 N–H and O–H groups in total. The Bertz CT molecular complexity index is 317. The van der Waals surface area contributed by atoms with Gasteiger partial charge in [0, 0.05) is 13.2 Å². The Balaban J connectivity index is 2.97. The zero-order valence-corrected chi connectivity index (χ0v) is 7.81. The molecule has 1 aromatic heterocycles. The first kappa shape index (κ1) is 9.57. The molecule has 0 radical (unpaired) electrons. The van der Waals surface area contributed by atoms with Gasteiger partial charge in [-0.05, 0) is 13.8 Å². The van der Waals surface area contributed by atoms with E-state index >= 15 is 0 Å². The maximum absolute atomic E-state index is 10.7. The zero-order valence-electron chi connectivity index (χ0n) is 7.81. The molecule has 0 saturated heterocycles. The summed E-state index contributed by atoms with van der Waals surface area (Å²) < 4.78 is 6.63. The van der Waals surface area contributed by atoms with Crippen LogP contribution >= 0.6 is 0 Å². The molecule has 5 heteroatoms. The van der Waals surface area contributed by atoms with Crippen LogP contribution in [0.5, 0.6) is 5.88 Å². The van der Waals surface area contributed by atoms with Crippen molar-refractivity contribution < 1.29 is 14.6 Å². The van der Waals surface area contributed by atoms with Crippen molar-refractivity contribution in [2.45, 2.75) is 20.0 Å². The Kier molecular flexibility index (Phi) is 2.55. The van der Waals surface area contributed by atoms with Crippen LogP contribution in [0.3, 0.4) is 0 Å². The van der Waals surface area contributed by atoms with Crippen molar-refractivity contribution in [3.63, 3.8) is 0 Å². The first-order valence-electron chi connectivity index (χ1n) is 3.94. The third-order valence-electron chi connectivity index (χ3n) is 1.37. The number of ether oxygens (including phenoxy) is 1. The van der Waals surface area contributed by atoms with E-state index in [1.165, 1.54) is 10.9 Å². The van der Waals surface area contributed by atoms with Crippen LogP contribution in [0.25, 0.3) is 0 Å². The molecule has 0 aliphatic heterocycles. The number of hydrogen-bond acceptors (Lipinski definition) is 3. The van der Waals surface area contributed by atoms with Crippen LogP contribution in [0.1, 0.15) is 24.2 Å². The van der Waals surface area contributed by atoms with Gasteiger partial charge in [0.1, 0.15) is 5.56 Å². The van der Waals surface area contributed by atoms with Crippen molar-refractivity contribution in [2.24, 2.45) is 7.05 Å². The summed E-state index contributed by atoms with van der Waals surface area (Å²) in [5.41, 5.74) is 0.0937. The van der Waals surface area contributed by atoms with Crippen LogP contribution < -0.4 is 4.74 Å². The number of hydrogen-bond donors (Lipinski definition) is 1. The van der Waals surface area contributed by atoms with E-state index in [9.17, 15) is 4.79 Å². The Morgan fingerprint density at radius 3 is 2.77 bits per heavy atom. The molecule has 0 atom stereocenters. The summed E-state index contributed by atoms with van der Waals surface area (Å²) in [6.45, 7) is 3.64. The monoisotopic (exact) mass is 184 g/mol. The number of aromatic nitrogens is 2. The number of rotatable bonds is 3. The smallest absolute Gasteiger partial charge is 0.342 e. The highest BCUT2D eigenvalue weighted by molar-refractivity contribution is 5.89. The SMILES string of the molecule is CC(C)Oc1nn(C)cc1C(=O)O. The van der Waals surface area contributed by atoms with Gasteiger partial charge >= 0.3 is 5.97 Å². The minimum Gasteiger partial charge on any atom is -0.477 e. The summed E-state index contributed by atoms with van der Waals surface area (Å²) in [6.07, 6.45) is 1.34. The molecule has 0 aliphatic carbocycles. The van der Waals surface area contributed by atoms with Crippen molar-refractivity contribution in [3.05, 3.63) is 11.8 Å². The predicted octanol–water partition coefficient (Wildman–Crippen LogP) is 0.905. The molecule has 5 nitrogen and oxygen atoms in total. The van der Waals surface area contributed by atoms with Gasteiger partial charge in [-0.15, -0.1) is 5.10 Å². The molecule has 0 aromatic carbocycles. The van der Waals surface area contributed by atoms with Crippen LogP contribution in [-0.4, -0.2) is 27.0 Å². The normalized spacial score (nSPS) is 10.5. The maximum atomic E-state index is 10.7. The summed E-state index contributed by atoms with van der Waals surface area (Å²) in [4.78, 5) is 10.7. The molecule has 0 fully saturated rings. The quantitative estimate of drug-likeness (QED) is 0.758. The highest BCUT2D eigenvalue weighted by atomic mass is 16.5. The molecule has 0 unspecified atom stereocenters. The average Bonchev–Trinajstić information content (AvgIpc) is 2.29. The molecule has 1 heterocycles. The van der Waals surface area contributed by atoms with Crippen LogP contribution in [-0.2, 0) is 7.05 Å². The van der Waals surface area contributed by atoms with E-state index in [1.54, 1.807) is 7.05 Å². The lowest BCUT2D eigenvalue weighted by Crippen LogP contribution is -2.09. The van der Waals surface area contributed by atoms with E-state index < -0.39 is 5.97 Å². The second kappa shape index (κ2) is 3.47. The number of aromatic carboxylic acids is 1. The fourth-order valence-electron chi connectivity index (χ4n) is 0.925. The number of carbonyl (C=O) groups is 1. The number of aryl methyl sites for hydroxylation is 1. The molecular formula is C8H12N2O3. The highest BCUT2D eigenvalue weighted by Gasteiger charge is 2.16. The second-order valence-electron chi connectivity index (χ2n) is 2.99. The minimum atomic E-state index is -1.02. The lowest BCUT2D eigenvalue weighted by molar-refractivity contribution is 0.0690. The number of nitrogens with zero attached hydrogens (tertiary/aromatic N) is 2. The molecule has 0 aliphatic rings. The van der Waals surface area contributed by atoms with Crippen LogP contribution in [0, 0.1) is 0 Å². The molecule has 72 valence electrons. The van der Waals surface area contributed by atoms with Gasteiger partial charge in [-0.1, -0.05) is 0 Å². The largest absolute Gasteiger partial charge is 0.477 e. The Hall–Kier alpha value is -1.52. The number of carboxylic acid groups (broad SMARTS) is 1. The third-order valence-corrected chi connectivity index (χ3v) is 1.37. The van der Waals surface area contributed by atoms with Gasteiger partial charge in [0.05, 0.1) is 6.10 Å². The number of carboxylic acids is 1. The minimum absolute atomic E-state index is 0.0759. The van der Waals surface area contributed by atoms with E-state index in [0.29, 0.717) is 0 Å². The van der Waals surface area contributed by atoms with Crippen molar-refractivity contribution in [2.75, 3.05) is 0 Å². The molecule has 0 spiro atoms. The first-order valence-corrected chi connectivity index (χ1v) is 3.94. The predicted molar refractivity (Wildman–Crippen MR) is 45.9 cm³/mol. The van der Waals surface area contributed by atoms with Crippen LogP contribution in [0.2, 0.25) is 0 Å². The van der Waals surface area contributed by atoms with Crippen molar-refractivity contribution in [1.29, 1.82) is 0 Å². The molecule has 0 bridgehead atoms. The molecular weight excluding hydrogens is 172 g/mol. The van der Waals surface area contributed by atoms with E-state index in [1.807, 2.05) is 13.8 Å². The summed E-state index contributed by atoms with van der Waals surface area (Å²) >= 11 is 0. The summed E-state index contributed by atoms with van der Waals surface area (Å²) in [5.74, 6) is -0.853. The zero-order chi connectivity index (χ0) is 10.0. The van der Waals surface area contributed by atoms with Gasteiger partial charge in [0.15, 0.2) is 0 Å². The lowest BCUT2D eigenvalue weighted by atomic mass is 10.3. The second-order valence-corrected chi connectivity index (χ2v) is 2.99. The van der Waals surface area contributed by atoms with Gasteiger partial charge in [0.2, 0.25) is 5.88 Å². The van der Waals surface area contributed by atoms with Gasteiger partial charge in [0.25, 0.3) is 0 Å². The molecule has 0 saturated carbocycles. The Morgan fingerprint density at radius 1 is 1.69 bits per heavy atom. The average molecular weight is 184 g/mol. The fraction of sp³-hybridized carbons (Fsp3) is 0.500. The van der Waals surface area contributed by atoms with Crippen molar-refractivity contribution in [1.82, 2.24) is 9.78 Å². The molecule has 13 heavy (non-hydrogen) atoms. The van der Waals surface area contributed by atoms with Crippen LogP contribution in [0.15, 0.2) is 6.20 Å². The standard InChI is InChI=1S/C8H12N2O3/c1-5(2)13-7-6(8(11)12)4-10(3)9-7/h4-5H,1-3H3,(H,11,12). The topological polar surface area (TPSA) is 64.4 Å². The van der Waals surface area contributed by atoms with Crippen molar-refractivity contribution in [3.8, 4) is 5.88 Å². The summed E-state index contributed by atoms with van der Waals surface area (Å²) in [6, 6.07) is 0. The van der Waals surface area contributed by atoms with E-state index in [2.05, 4.69) is 5.10 Å². The lowest BCUT2D eigenvalue weighted by Gasteiger charge is -2.06. The third kappa shape index (κ3) is 2.21. The van der Waals surface area contributed by atoms with E-state index in [0.717, 1.165) is 0 Å². The molecule has 1 aromatic rings. The van der Waals surface area contributed by atoms with Crippen LogP contribution in [0.4, 0.5) is 0 Å². The van der Waals surface area contributed by atoms with Gasteiger partial charge in [-0.25, -0.2) is 4.79 Å². The maximum Gasteiger partial charge on any atom is 0.342 e. The van der Waals surface area contributed by atoms with Gasteiger partial charge in [-0.3, -0.25) is 4.68 Å². The van der Waals surface area contributed by atoms with Crippen molar-refractivity contribution >= 4 is 5.97 Å². The summed E-state index contributed by atoms with van der Waals surface area (Å²) in [5, 5.41) is 12.6. The molecule has 1 rings (SSSR count). The first-order chi connectivity index (χ1) is 6.00. The molecule has 0 amide bonds. The van der Waals surface area contributed by atoms with E-state index in [4.69, 9.17) is 9.84 Å². The van der Waals surface area contributed by atoms with E-state index in [-0.39, 0.29) is 17.5 Å². The van der Waals surface area contributed by atoms with Gasteiger partial charge in [-0.2, -0.15) is 0 Å². The highest BCUT2D eigenvalue weighted by Crippen LogP contribution is 2.16. The Morgan fingerprint density at radius 2 is 2.31 bits per heavy atom. The fourth-order valence-corrected chi connectivity index (χ4v) is 0.925. The summed E-state index contributed by atoms with van der Waals surface area (Å²) in [7, 11) is 1.65.